The Morgan fingerprint density at radius 1 is 1.00 bits per heavy atom. The van der Waals surface area contributed by atoms with E-state index in [0.717, 1.165) is 6.42 Å². The Morgan fingerprint density at radius 2 is 1.73 bits per heavy atom. The van der Waals surface area contributed by atoms with Gasteiger partial charge in [0.25, 0.3) is 11.9 Å². The molecule has 5 rings (SSSR count). The van der Waals surface area contributed by atoms with Gasteiger partial charge in [-0.05, 0) is 61.9 Å². The fraction of sp³-hybridized carbons (Fsp3) is 0.289. The van der Waals surface area contributed by atoms with Crippen molar-refractivity contribution >= 4 is 23.6 Å². The topological polar surface area (TPSA) is 207 Å². The molecular weight excluding hydrogens is 715 g/mol. The van der Waals surface area contributed by atoms with E-state index in [1.165, 1.54) is 43.2 Å². The molecule has 3 atom stereocenters. The second kappa shape index (κ2) is 18.9. The fourth-order valence-corrected chi connectivity index (χ4v) is 5.19. The number of amidine groups is 1. The van der Waals surface area contributed by atoms with Crippen LogP contribution in [0, 0.1) is 5.82 Å². The number of nitrogens with one attached hydrogen (secondary N) is 1. The van der Waals surface area contributed by atoms with Crippen molar-refractivity contribution in [2.45, 2.75) is 52.0 Å². The summed E-state index contributed by atoms with van der Waals surface area (Å²) in [6.07, 6.45) is 1.88. The fourth-order valence-electron chi connectivity index (χ4n) is 5.19. The molecular formula is C38H41FN8O8. The van der Waals surface area contributed by atoms with Crippen LogP contribution in [0.25, 0.3) is 5.95 Å². The number of anilines is 1. The summed E-state index contributed by atoms with van der Waals surface area (Å²) in [6.45, 7) is 4.63. The number of hydrogen-bond acceptors (Lipinski definition) is 13. The lowest BCUT2D eigenvalue weighted by Crippen LogP contribution is -2.25. The summed E-state index contributed by atoms with van der Waals surface area (Å²) in [4.78, 5) is 42.2. The van der Waals surface area contributed by atoms with Crippen LogP contribution >= 0.6 is 0 Å². The van der Waals surface area contributed by atoms with Crippen molar-refractivity contribution in [1.29, 1.82) is 0 Å². The summed E-state index contributed by atoms with van der Waals surface area (Å²) < 4.78 is 45.0. The van der Waals surface area contributed by atoms with E-state index < -0.39 is 30.2 Å². The summed E-state index contributed by atoms with van der Waals surface area (Å²) in [6, 6.07) is 18.1. The quantitative estimate of drug-likeness (QED) is 0.0471. The number of amides is 1. The molecule has 3 aromatic carbocycles. The Bertz CT molecular complexity index is 2070. The Kier molecular flexibility index (Phi) is 13.6. The molecule has 17 heteroatoms. The van der Waals surface area contributed by atoms with Gasteiger partial charge in [0, 0.05) is 47.8 Å². The highest BCUT2D eigenvalue weighted by Gasteiger charge is 2.30. The van der Waals surface area contributed by atoms with Gasteiger partial charge in [-0.3, -0.25) is 4.79 Å². The van der Waals surface area contributed by atoms with Crippen molar-refractivity contribution in [3.8, 4) is 23.5 Å². The van der Waals surface area contributed by atoms with Gasteiger partial charge in [-0.2, -0.15) is 9.98 Å². The molecule has 2 aromatic heterocycles. The second-order valence-corrected chi connectivity index (χ2v) is 11.9. The molecule has 0 bridgehead atoms. The maximum Gasteiger partial charge on any atom is 0.511 e. The number of aliphatic hydroxyl groups is 1. The maximum atomic E-state index is 16.4. The maximum absolute atomic E-state index is 16.4. The highest BCUT2D eigenvalue weighted by atomic mass is 19.1. The number of aliphatic hydroxyl groups excluding tert-OH is 1. The molecule has 1 amide bonds. The van der Waals surface area contributed by atoms with Gasteiger partial charge < -0.3 is 39.8 Å². The third-order valence-electron chi connectivity index (χ3n) is 7.79. The van der Waals surface area contributed by atoms with Crippen molar-refractivity contribution < 1.29 is 42.8 Å². The number of nitrogens with two attached hydrogens (primary N) is 1. The predicted octanol–water partition coefficient (Wildman–Crippen LogP) is 5.39. The number of methoxy groups -OCH3 is 1. The minimum Gasteiger partial charge on any atom is -0.497 e. The number of rotatable bonds is 17. The molecule has 0 radical (unpaired) electrons. The number of carbonyl (C=O) groups excluding carboxylic acids is 2. The van der Waals surface area contributed by atoms with Crippen LogP contribution in [0.4, 0.5) is 14.9 Å². The van der Waals surface area contributed by atoms with Gasteiger partial charge in [0.2, 0.25) is 6.29 Å². The van der Waals surface area contributed by atoms with E-state index in [0.29, 0.717) is 23.2 Å². The van der Waals surface area contributed by atoms with Crippen molar-refractivity contribution in [1.82, 2.24) is 24.7 Å². The minimum atomic E-state index is -1.22. The molecule has 0 fully saturated rings. The molecule has 0 aliphatic rings. The number of benzene rings is 3. The first-order valence-corrected chi connectivity index (χ1v) is 17.3. The van der Waals surface area contributed by atoms with Crippen molar-refractivity contribution in [2.24, 2.45) is 10.7 Å². The van der Waals surface area contributed by atoms with E-state index in [1.54, 1.807) is 67.6 Å². The zero-order valence-corrected chi connectivity index (χ0v) is 30.6. The molecule has 2 unspecified atom stereocenters. The van der Waals surface area contributed by atoms with Crippen LogP contribution in [0.2, 0.25) is 0 Å². The number of ether oxygens (including phenoxy) is 5. The monoisotopic (exact) mass is 756 g/mol. The molecule has 0 saturated heterocycles. The van der Waals surface area contributed by atoms with Crippen LogP contribution in [0.15, 0.2) is 90.2 Å². The van der Waals surface area contributed by atoms with Gasteiger partial charge in [-0.15, -0.1) is 9.78 Å². The third kappa shape index (κ3) is 10.5. The van der Waals surface area contributed by atoms with Gasteiger partial charge in [0.05, 0.1) is 13.7 Å². The zero-order valence-electron chi connectivity index (χ0n) is 30.6. The van der Waals surface area contributed by atoms with E-state index in [9.17, 15) is 14.7 Å². The van der Waals surface area contributed by atoms with Crippen LogP contribution in [-0.2, 0) is 9.47 Å². The molecule has 0 aliphatic heterocycles. The Hall–Kier alpha value is -6.62. The van der Waals surface area contributed by atoms with E-state index in [1.807, 2.05) is 6.92 Å². The number of carbonyl (C=O) groups is 2. The van der Waals surface area contributed by atoms with Gasteiger partial charge in [0.1, 0.15) is 30.3 Å². The molecule has 288 valence electrons. The van der Waals surface area contributed by atoms with Crippen LogP contribution in [0.5, 0.6) is 17.5 Å². The molecule has 0 spiro atoms. The Balaban J connectivity index is 1.53. The van der Waals surface area contributed by atoms with E-state index in [4.69, 9.17) is 29.4 Å². The van der Waals surface area contributed by atoms with Crippen LogP contribution in [0.3, 0.4) is 0 Å². The number of halogens is 1. The van der Waals surface area contributed by atoms with Crippen molar-refractivity contribution in [3.05, 3.63) is 114 Å². The molecule has 55 heavy (non-hydrogen) atoms. The molecule has 5 aromatic rings. The number of aliphatic imine (C=N–C) groups is 1. The first kappa shape index (κ1) is 39.6. The number of hydrogen-bond donors (Lipinski definition) is 3. The van der Waals surface area contributed by atoms with Crippen molar-refractivity contribution in [3.63, 3.8) is 0 Å². The first-order chi connectivity index (χ1) is 26.6. The highest BCUT2D eigenvalue weighted by Crippen LogP contribution is 2.36. The molecule has 16 nitrogen and oxygen atoms in total. The van der Waals surface area contributed by atoms with E-state index in [2.05, 4.69) is 30.4 Å². The van der Waals surface area contributed by atoms with Crippen molar-refractivity contribution in [2.75, 3.05) is 25.6 Å². The van der Waals surface area contributed by atoms with Gasteiger partial charge in [-0.25, -0.2) is 19.2 Å². The second-order valence-electron chi connectivity index (χ2n) is 11.9. The molecule has 2 heterocycles. The lowest BCUT2D eigenvalue weighted by molar-refractivity contribution is -0.0675. The zero-order chi connectivity index (χ0) is 39.3. The lowest BCUT2D eigenvalue weighted by atomic mass is 10.0. The van der Waals surface area contributed by atoms with Crippen LogP contribution in [0.1, 0.15) is 67.0 Å². The molecule has 0 aliphatic carbocycles. The van der Waals surface area contributed by atoms with Gasteiger partial charge in [-0.1, -0.05) is 31.5 Å². The normalized spacial score (nSPS) is 12.9. The smallest absolute Gasteiger partial charge is 0.497 e. The van der Waals surface area contributed by atoms with Gasteiger partial charge in [0.15, 0.2) is 17.4 Å². The Labute approximate surface area is 316 Å². The van der Waals surface area contributed by atoms with E-state index >= 15 is 4.39 Å². The molecule has 4 N–H and O–H groups in total. The lowest BCUT2D eigenvalue weighted by Gasteiger charge is -2.21. The number of aromatic nitrogens is 5. The standard InChI is InChI=1S/C38H41FN8O8/c1-5-10-23(2)53-38(50)55-24(3)54-37-45-34(46-47(37)36-41-17-9-18-42-36)32(29-21-28(51-4)22-30(31(29)39)52-20-19-48)43-27-15-13-25(14-16-27)33(40)44-35(49)26-11-7-6-8-12-26/h6-9,11-18,21-24,32,43,48H,5,10,19-20H2,1-4H3,(H2,40,44,49)/t23-,24?,32?/m1/s1. The van der Waals surface area contributed by atoms with Crippen LogP contribution in [-0.4, -0.2) is 80.5 Å². The van der Waals surface area contributed by atoms with Crippen LogP contribution < -0.4 is 25.3 Å². The highest BCUT2D eigenvalue weighted by molar-refractivity contribution is 6.08. The summed E-state index contributed by atoms with van der Waals surface area (Å²) in [5.41, 5.74) is 7.46. The predicted molar refractivity (Wildman–Crippen MR) is 198 cm³/mol. The summed E-state index contributed by atoms with van der Waals surface area (Å²) in [7, 11) is 1.41. The minimum absolute atomic E-state index is 0.00781. The summed E-state index contributed by atoms with van der Waals surface area (Å²) in [5.74, 6) is -1.26. The largest absolute Gasteiger partial charge is 0.511 e. The third-order valence-corrected chi connectivity index (χ3v) is 7.79. The van der Waals surface area contributed by atoms with E-state index in [-0.39, 0.29) is 60.0 Å². The first-order valence-electron chi connectivity index (χ1n) is 17.3. The Morgan fingerprint density at radius 3 is 2.40 bits per heavy atom. The SMILES string of the molecule is CCC[C@@H](C)OC(=O)OC(C)Oc1nc(C(Nc2ccc(C(N)=NC(=O)c3ccccc3)cc2)c2cc(OC)cc(OCCO)c2F)nn1-c1ncccn1. The molecule has 0 saturated carbocycles. The average Bonchev–Trinajstić information content (AvgIpc) is 3.60. The van der Waals surface area contributed by atoms with Gasteiger partial charge >= 0.3 is 12.2 Å². The summed E-state index contributed by atoms with van der Waals surface area (Å²) in [5, 5.41) is 17.2. The summed E-state index contributed by atoms with van der Waals surface area (Å²) >= 11 is 0. The number of nitrogens with zero attached hydrogens (tertiary/aromatic N) is 6. The average molecular weight is 757 g/mol.